The molecule has 0 bridgehead atoms. The summed E-state index contributed by atoms with van der Waals surface area (Å²) in [4.78, 5) is 24.1. The molecule has 1 atom stereocenters. The second-order valence-electron chi connectivity index (χ2n) is 4.38. The highest BCUT2D eigenvalue weighted by Crippen LogP contribution is 2.31. The molecule has 0 aromatic carbocycles. The molecule has 0 aliphatic rings. The highest BCUT2D eigenvalue weighted by Gasteiger charge is 2.24. The lowest BCUT2D eigenvalue weighted by Gasteiger charge is -2.13. The van der Waals surface area contributed by atoms with Crippen LogP contribution < -0.4 is 10.6 Å². The van der Waals surface area contributed by atoms with Crippen LogP contribution in [0, 0.1) is 17.0 Å². The summed E-state index contributed by atoms with van der Waals surface area (Å²) < 4.78 is 0. The fourth-order valence-electron chi connectivity index (χ4n) is 1.79. The van der Waals surface area contributed by atoms with Gasteiger partial charge in [-0.1, -0.05) is 0 Å². The van der Waals surface area contributed by atoms with Crippen molar-refractivity contribution in [3.8, 4) is 0 Å². The Labute approximate surface area is 125 Å². The molecular weight excluding hydrogens is 292 g/mol. The monoisotopic (exact) mass is 308 g/mol. The number of aryl methyl sites for hydroxylation is 1. The van der Waals surface area contributed by atoms with Gasteiger partial charge in [-0.2, -0.15) is 0 Å². The molecule has 0 saturated carbocycles. The van der Waals surface area contributed by atoms with Crippen LogP contribution in [0.25, 0.3) is 0 Å². The van der Waals surface area contributed by atoms with Gasteiger partial charge in [-0.15, -0.1) is 11.3 Å². The quantitative estimate of drug-likeness (QED) is 0.624. The largest absolute Gasteiger partial charge is 0.364 e. The van der Waals surface area contributed by atoms with E-state index < -0.39 is 4.92 Å². The van der Waals surface area contributed by atoms with E-state index in [2.05, 4.69) is 25.6 Å². The zero-order chi connectivity index (χ0) is 15.4. The topological polar surface area (TPSA) is 106 Å². The van der Waals surface area contributed by atoms with Crippen molar-refractivity contribution in [3.63, 3.8) is 0 Å². The molecular formula is C12H16N6O2S. The molecule has 2 N–H and O–H groups in total. The van der Waals surface area contributed by atoms with E-state index in [1.807, 2.05) is 20.8 Å². The van der Waals surface area contributed by atoms with Gasteiger partial charge >= 0.3 is 5.69 Å². The maximum atomic E-state index is 11.3. The van der Waals surface area contributed by atoms with Crippen LogP contribution in [0.5, 0.6) is 0 Å². The maximum absolute atomic E-state index is 11.3. The fourth-order valence-corrected chi connectivity index (χ4v) is 2.57. The van der Waals surface area contributed by atoms with Crippen LogP contribution >= 0.6 is 11.3 Å². The Bertz CT molecular complexity index is 644. The molecule has 2 aromatic heterocycles. The Morgan fingerprint density at radius 2 is 2.10 bits per heavy atom. The van der Waals surface area contributed by atoms with E-state index in [0.29, 0.717) is 6.54 Å². The summed E-state index contributed by atoms with van der Waals surface area (Å²) in [6, 6.07) is -0.174. The first-order chi connectivity index (χ1) is 10.0. The van der Waals surface area contributed by atoms with E-state index in [1.165, 1.54) is 6.33 Å². The van der Waals surface area contributed by atoms with Gasteiger partial charge in [0.25, 0.3) is 0 Å². The van der Waals surface area contributed by atoms with Crippen LogP contribution in [0.3, 0.4) is 0 Å². The van der Waals surface area contributed by atoms with Gasteiger partial charge in [0, 0.05) is 17.6 Å². The molecule has 0 amide bonds. The zero-order valence-corrected chi connectivity index (χ0v) is 12.8. The minimum Gasteiger partial charge on any atom is -0.364 e. The lowest BCUT2D eigenvalue weighted by atomic mass is 10.3. The molecule has 9 heteroatoms. The number of hydrogen-bond acceptors (Lipinski definition) is 8. The molecule has 0 saturated heterocycles. The summed E-state index contributed by atoms with van der Waals surface area (Å²) in [5.41, 5.74) is -0.153. The van der Waals surface area contributed by atoms with Gasteiger partial charge in [-0.25, -0.2) is 15.0 Å². The standard InChI is InChI=1S/C12H16N6O2S/c1-4-13-10-9(18(19)20)11(16-6-15-10)17-8(3)12-14-5-7(2)21-12/h5-6,8H,4H2,1-3H3,(H2,13,15,16,17). The van der Waals surface area contributed by atoms with Crippen molar-refractivity contribution < 1.29 is 4.92 Å². The van der Waals surface area contributed by atoms with Gasteiger partial charge in [-0.3, -0.25) is 10.1 Å². The van der Waals surface area contributed by atoms with E-state index in [0.717, 1.165) is 9.88 Å². The predicted octanol–water partition coefficient (Wildman–Crippen LogP) is 2.75. The highest BCUT2D eigenvalue weighted by atomic mass is 32.1. The van der Waals surface area contributed by atoms with Gasteiger partial charge in [0.15, 0.2) is 0 Å². The molecule has 1 unspecified atom stereocenters. The normalized spacial score (nSPS) is 12.0. The van der Waals surface area contributed by atoms with Crippen LogP contribution in [0.15, 0.2) is 12.5 Å². The van der Waals surface area contributed by atoms with E-state index >= 15 is 0 Å². The molecule has 8 nitrogen and oxygen atoms in total. The third kappa shape index (κ3) is 3.43. The van der Waals surface area contributed by atoms with Crippen molar-refractivity contribution in [2.45, 2.75) is 26.8 Å². The first-order valence-corrected chi connectivity index (χ1v) is 7.26. The second kappa shape index (κ2) is 6.44. The van der Waals surface area contributed by atoms with E-state index in [1.54, 1.807) is 17.5 Å². The lowest BCUT2D eigenvalue weighted by molar-refractivity contribution is -0.383. The molecule has 0 fully saturated rings. The number of nitrogens with zero attached hydrogens (tertiary/aromatic N) is 4. The average molecular weight is 308 g/mol. The number of anilines is 2. The number of nitrogens with one attached hydrogen (secondary N) is 2. The maximum Gasteiger partial charge on any atom is 0.353 e. The van der Waals surface area contributed by atoms with Crippen LogP contribution in [0.2, 0.25) is 0 Å². The molecule has 0 spiro atoms. The third-order valence-electron chi connectivity index (χ3n) is 2.71. The van der Waals surface area contributed by atoms with Crippen LogP contribution in [0.1, 0.15) is 29.8 Å². The Morgan fingerprint density at radius 1 is 1.38 bits per heavy atom. The molecule has 0 radical (unpaired) electrons. The molecule has 2 aromatic rings. The lowest BCUT2D eigenvalue weighted by Crippen LogP contribution is -2.12. The van der Waals surface area contributed by atoms with E-state index in [-0.39, 0.29) is 23.4 Å². The Kier molecular flexibility index (Phi) is 4.63. The van der Waals surface area contributed by atoms with Gasteiger partial charge in [-0.05, 0) is 20.8 Å². The van der Waals surface area contributed by atoms with Crippen molar-refractivity contribution in [1.82, 2.24) is 15.0 Å². The van der Waals surface area contributed by atoms with Crippen molar-refractivity contribution in [3.05, 3.63) is 32.5 Å². The summed E-state index contributed by atoms with van der Waals surface area (Å²) in [6.45, 7) is 6.24. The van der Waals surface area contributed by atoms with Gasteiger partial charge in [0.1, 0.15) is 11.3 Å². The molecule has 0 aliphatic carbocycles. The van der Waals surface area contributed by atoms with Gasteiger partial charge in [0.05, 0.1) is 11.0 Å². The number of nitro groups is 1. The summed E-state index contributed by atoms with van der Waals surface area (Å²) in [5.74, 6) is 0.397. The first kappa shape index (κ1) is 15.1. The minimum atomic E-state index is -0.486. The summed E-state index contributed by atoms with van der Waals surface area (Å²) >= 11 is 1.54. The molecule has 2 rings (SSSR count). The highest BCUT2D eigenvalue weighted by molar-refractivity contribution is 7.11. The van der Waals surface area contributed by atoms with Gasteiger partial charge < -0.3 is 10.6 Å². The molecule has 2 heterocycles. The zero-order valence-electron chi connectivity index (χ0n) is 12.0. The Hall–Kier alpha value is -2.29. The summed E-state index contributed by atoms with van der Waals surface area (Å²) in [6.07, 6.45) is 3.07. The van der Waals surface area contributed by atoms with Crippen molar-refractivity contribution in [2.24, 2.45) is 0 Å². The van der Waals surface area contributed by atoms with Crippen LogP contribution in [0.4, 0.5) is 17.3 Å². The molecule has 0 aliphatic heterocycles. The predicted molar refractivity (Wildman–Crippen MR) is 81.7 cm³/mol. The van der Waals surface area contributed by atoms with Crippen LogP contribution in [-0.4, -0.2) is 26.4 Å². The van der Waals surface area contributed by atoms with Crippen molar-refractivity contribution in [1.29, 1.82) is 0 Å². The minimum absolute atomic E-state index is 0.153. The Balaban J connectivity index is 2.30. The van der Waals surface area contributed by atoms with E-state index in [4.69, 9.17) is 0 Å². The number of aromatic nitrogens is 3. The smallest absolute Gasteiger partial charge is 0.353 e. The summed E-state index contributed by atoms with van der Waals surface area (Å²) in [5, 5.41) is 18.0. The first-order valence-electron chi connectivity index (χ1n) is 6.45. The summed E-state index contributed by atoms with van der Waals surface area (Å²) in [7, 11) is 0. The molecule has 21 heavy (non-hydrogen) atoms. The SMILES string of the molecule is CCNc1ncnc(NC(C)c2ncc(C)s2)c1[N+](=O)[O-]. The number of rotatable bonds is 6. The second-order valence-corrected chi connectivity index (χ2v) is 5.65. The third-order valence-corrected chi connectivity index (χ3v) is 3.81. The fraction of sp³-hybridized carbons (Fsp3) is 0.417. The molecule has 112 valence electrons. The van der Waals surface area contributed by atoms with Gasteiger partial charge in [0.2, 0.25) is 11.6 Å². The Morgan fingerprint density at radius 3 is 2.67 bits per heavy atom. The van der Waals surface area contributed by atoms with Crippen molar-refractivity contribution >= 4 is 28.7 Å². The van der Waals surface area contributed by atoms with Crippen LogP contribution in [-0.2, 0) is 0 Å². The number of hydrogen-bond donors (Lipinski definition) is 2. The van der Waals surface area contributed by atoms with Crippen molar-refractivity contribution in [2.75, 3.05) is 17.2 Å². The number of thiazole rings is 1. The van der Waals surface area contributed by atoms with E-state index in [9.17, 15) is 10.1 Å². The average Bonchev–Trinajstić information content (AvgIpc) is 2.86.